The number of nitrogens with zero attached hydrogens (tertiary/aromatic N) is 3. The summed E-state index contributed by atoms with van der Waals surface area (Å²) in [4.78, 5) is 0. The van der Waals surface area contributed by atoms with Gasteiger partial charge in [0.25, 0.3) is 0 Å². The van der Waals surface area contributed by atoms with Crippen molar-refractivity contribution in [3.63, 3.8) is 0 Å². The molecule has 0 aliphatic rings. The molecule has 0 radical (unpaired) electrons. The normalized spacial score (nSPS) is 12.3. The van der Waals surface area contributed by atoms with Crippen molar-refractivity contribution >= 4 is 0 Å². The first-order valence-electron chi connectivity index (χ1n) is 9.06. The van der Waals surface area contributed by atoms with Gasteiger partial charge in [-0.1, -0.05) is 83.1 Å². The van der Waals surface area contributed by atoms with Crippen molar-refractivity contribution in [3.05, 3.63) is 24.4 Å². The first-order chi connectivity index (χ1) is 10.7. The molecule has 0 aliphatic heterocycles. The number of unbranched alkanes of at least 4 members (excludes halogenated alkanes) is 6. The van der Waals surface area contributed by atoms with Crippen molar-refractivity contribution in [1.82, 2.24) is 5.01 Å². The molecule has 0 saturated heterocycles. The Kier molecular flexibility index (Phi) is 14.0. The summed E-state index contributed by atoms with van der Waals surface area (Å²) in [6, 6.07) is 0. The first kappa shape index (κ1) is 20.9. The van der Waals surface area contributed by atoms with Gasteiger partial charge in [-0.05, 0) is 24.3 Å². The second-order valence-corrected chi connectivity index (χ2v) is 6.28. The van der Waals surface area contributed by atoms with Gasteiger partial charge in [0.1, 0.15) is 0 Å². The number of hydrogen-bond acceptors (Lipinski definition) is 2. The SMILES string of the molecule is C=C/C(=C\N=N/N(C)C)C(CCCCCC)CCCCCC. The van der Waals surface area contributed by atoms with E-state index in [4.69, 9.17) is 0 Å². The monoisotopic (exact) mass is 307 g/mol. The van der Waals surface area contributed by atoms with Crippen molar-refractivity contribution in [2.45, 2.75) is 78.1 Å². The maximum Gasteiger partial charge on any atom is 0.0547 e. The van der Waals surface area contributed by atoms with Crippen LogP contribution >= 0.6 is 0 Å². The van der Waals surface area contributed by atoms with Crippen molar-refractivity contribution in [2.24, 2.45) is 16.3 Å². The lowest BCUT2D eigenvalue weighted by Gasteiger charge is -2.17. The fourth-order valence-electron chi connectivity index (χ4n) is 2.63. The van der Waals surface area contributed by atoms with Crippen LogP contribution in [0, 0.1) is 5.92 Å². The molecule has 0 aromatic heterocycles. The van der Waals surface area contributed by atoms with E-state index in [2.05, 4.69) is 30.8 Å². The average molecular weight is 308 g/mol. The zero-order valence-corrected chi connectivity index (χ0v) is 15.4. The molecule has 0 heterocycles. The Morgan fingerprint density at radius 2 is 1.50 bits per heavy atom. The minimum Gasteiger partial charge on any atom is -0.285 e. The second-order valence-electron chi connectivity index (χ2n) is 6.28. The minimum atomic E-state index is 0.590. The van der Waals surface area contributed by atoms with Gasteiger partial charge in [-0.15, -0.1) is 5.11 Å². The van der Waals surface area contributed by atoms with E-state index in [0.29, 0.717) is 5.92 Å². The van der Waals surface area contributed by atoms with Gasteiger partial charge in [-0.25, -0.2) is 0 Å². The molecule has 0 N–H and O–H groups in total. The summed E-state index contributed by atoms with van der Waals surface area (Å²) in [5.41, 5.74) is 1.25. The van der Waals surface area contributed by atoms with Gasteiger partial charge >= 0.3 is 0 Å². The van der Waals surface area contributed by atoms with Crippen LogP contribution in [-0.2, 0) is 0 Å². The Labute approximate surface area is 138 Å². The van der Waals surface area contributed by atoms with Crippen LogP contribution in [0.2, 0.25) is 0 Å². The van der Waals surface area contributed by atoms with Crippen molar-refractivity contribution < 1.29 is 0 Å². The fraction of sp³-hybridized carbons (Fsp3) is 0.789. The second kappa shape index (κ2) is 14.8. The van der Waals surface area contributed by atoms with Gasteiger partial charge in [-0.3, -0.25) is 5.01 Å². The standard InChI is InChI=1S/C19H37N3/c1-6-9-11-13-15-19(16-14-12-10-7-2)18(8-3)17-20-21-22(4)5/h8,17,19H,3,6-7,9-16H2,1-2,4-5H3/b18-17+,21-20-. The quantitative estimate of drug-likeness (QED) is 0.155. The smallest absolute Gasteiger partial charge is 0.0547 e. The lowest BCUT2D eigenvalue weighted by Crippen LogP contribution is -2.04. The minimum absolute atomic E-state index is 0.590. The maximum absolute atomic E-state index is 4.17. The van der Waals surface area contributed by atoms with E-state index in [1.807, 2.05) is 26.4 Å². The van der Waals surface area contributed by atoms with E-state index in [-0.39, 0.29) is 0 Å². The molecule has 3 heteroatoms. The largest absolute Gasteiger partial charge is 0.285 e. The summed E-state index contributed by atoms with van der Waals surface area (Å²) < 4.78 is 0. The molecular weight excluding hydrogens is 270 g/mol. The van der Waals surface area contributed by atoms with E-state index in [0.717, 1.165) is 0 Å². The highest BCUT2D eigenvalue weighted by Crippen LogP contribution is 2.26. The molecule has 0 aromatic carbocycles. The van der Waals surface area contributed by atoms with Crippen molar-refractivity contribution in [3.8, 4) is 0 Å². The van der Waals surface area contributed by atoms with Gasteiger partial charge in [0.2, 0.25) is 0 Å². The molecule has 0 aromatic rings. The third-order valence-electron chi connectivity index (χ3n) is 3.96. The van der Waals surface area contributed by atoms with Crippen LogP contribution in [0.1, 0.15) is 78.1 Å². The van der Waals surface area contributed by atoms with Crippen LogP contribution in [-0.4, -0.2) is 19.1 Å². The van der Waals surface area contributed by atoms with E-state index in [9.17, 15) is 0 Å². The van der Waals surface area contributed by atoms with E-state index in [1.54, 1.807) is 5.01 Å². The lowest BCUT2D eigenvalue weighted by atomic mass is 9.88. The number of rotatable bonds is 14. The summed E-state index contributed by atoms with van der Waals surface area (Å²) in [6.45, 7) is 8.51. The average Bonchev–Trinajstić information content (AvgIpc) is 2.50. The Hall–Kier alpha value is -1.12. The van der Waals surface area contributed by atoms with Crippen molar-refractivity contribution in [1.29, 1.82) is 0 Å². The molecule has 3 nitrogen and oxygen atoms in total. The molecule has 0 amide bonds. The molecule has 0 bridgehead atoms. The first-order valence-corrected chi connectivity index (χ1v) is 9.06. The zero-order valence-electron chi connectivity index (χ0n) is 15.4. The summed E-state index contributed by atoms with van der Waals surface area (Å²) in [5, 5.41) is 9.93. The zero-order chi connectivity index (χ0) is 16.6. The van der Waals surface area contributed by atoms with Crippen LogP contribution in [0.5, 0.6) is 0 Å². The Bertz CT molecular complexity index is 307. The van der Waals surface area contributed by atoms with E-state index >= 15 is 0 Å². The highest BCUT2D eigenvalue weighted by molar-refractivity contribution is 5.18. The maximum atomic E-state index is 4.17. The highest BCUT2D eigenvalue weighted by atomic mass is 15.5. The van der Waals surface area contributed by atoms with E-state index in [1.165, 1.54) is 69.8 Å². The molecule has 0 fully saturated rings. The molecule has 0 unspecified atom stereocenters. The lowest BCUT2D eigenvalue weighted by molar-refractivity contribution is 0.406. The Morgan fingerprint density at radius 3 is 1.91 bits per heavy atom. The predicted molar refractivity (Wildman–Crippen MR) is 97.8 cm³/mol. The predicted octanol–water partition coefficient (Wildman–Crippen LogP) is 6.54. The van der Waals surface area contributed by atoms with Gasteiger partial charge in [0, 0.05) is 14.1 Å². The third kappa shape index (κ3) is 11.5. The van der Waals surface area contributed by atoms with Crippen molar-refractivity contribution in [2.75, 3.05) is 14.1 Å². The molecule has 0 spiro atoms. The molecule has 0 atom stereocenters. The molecule has 0 rings (SSSR count). The van der Waals surface area contributed by atoms with Crippen LogP contribution in [0.15, 0.2) is 34.8 Å². The van der Waals surface area contributed by atoms with Crippen LogP contribution < -0.4 is 0 Å². The van der Waals surface area contributed by atoms with Gasteiger partial charge < -0.3 is 0 Å². The van der Waals surface area contributed by atoms with Crippen LogP contribution in [0.4, 0.5) is 0 Å². The Balaban J connectivity index is 4.57. The van der Waals surface area contributed by atoms with Crippen LogP contribution in [0.3, 0.4) is 0 Å². The summed E-state index contributed by atoms with van der Waals surface area (Å²) in [7, 11) is 3.77. The number of allylic oxidation sites excluding steroid dienone is 2. The molecular formula is C19H37N3. The van der Waals surface area contributed by atoms with Gasteiger partial charge in [0.15, 0.2) is 0 Å². The fourth-order valence-corrected chi connectivity index (χ4v) is 2.63. The molecule has 22 heavy (non-hydrogen) atoms. The number of hydrogen-bond donors (Lipinski definition) is 0. The van der Waals surface area contributed by atoms with Crippen LogP contribution in [0.25, 0.3) is 0 Å². The van der Waals surface area contributed by atoms with Gasteiger partial charge in [0.05, 0.1) is 6.20 Å². The molecule has 0 saturated carbocycles. The Morgan fingerprint density at radius 1 is 0.955 bits per heavy atom. The topological polar surface area (TPSA) is 28.0 Å². The third-order valence-corrected chi connectivity index (χ3v) is 3.96. The summed E-state index contributed by atoms with van der Waals surface area (Å²) >= 11 is 0. The van der Waals surface area contributed by atoms with E-state index < -0.39 is 0 Å². The summed E-state index contributed by atoms with van der Waals surface area (Å²) in [6.07, 6.45) is 16.9. The highest BCUT2D eigenvalue weighted by Gasteiger charge is 2.12. The molecule has 0 aliphatic carbocycles. The van der Waals surface area contributed by atoms with Gasteiger partial charge in [-0.2, -0.15) is 0 Å². The molecule has 128 valence electrons. The summed E-state index contributed by atoms with van der Waals surface area (Å²) in [5.74, 6) is 0.590.